The Bertz CT molecular complexity index is 749. The molecule has 1 aromatic carbocycles. The summed E-state index contributed by atoms with van der Waals surface area (Å²) in [7, 11) is 0. The maximum absolute atomic E-state index is 6.16. The van der Waals surface area contributed by atoms with Gasteiger partial charge in [-0.1, -0.05) is 18.1 Å². The number of halogens is 1. The van der Waals surface area contributed by atoms with Gasteiger partial charge in [-0.2, -0.15) is 0 Å². The fraction of sp³-hybridized carbons (Fsp3) is 0.368. The van der Waals surface area contributed by atoms with Crippen LogP contribution < -0.4 is 15.4 Å². The first-order valence-electron chi connectivity index (χ1n) is 8.61. The van der Waals surface area contributed by atoms with E-state index in [9.17, 15) is 0 Å². The SMILES string of the molecule is C#CCOc1ccc(CCN=C(N)N2CCN(c3nccs3)CC2)cc1.I. The Labute approximate surface area is 181 Å². The van der Waals surface area contributed by atoms with Crippen LogP contribution in [0.1, 0.15) is 5.56 Å². The molecule has 0 atom stereocenters. The molecular formula is C19H24IN5OS. The lowest BCUT2D eigenvalue weighted by Gasteiger charge is -2.35. The molecule has 1 aliphatic heterocycles. The van der Waals surface area contributed by atoms with Gasteiger partial charge >= 0.3 is 0 Å². The minimum absolute atomic E-state index is 0. The molecule has 0 bridgehead atoms. The standard InChI is InChI=1S/C19H23N5OS.HI/c1-2-14-25-17-5-3-16(4-6-17)7-8-21-18(20)23-10-12-24(13-11-23)19-22-9-15-26-19;/h1,3-6,9,15H,7-8,10-14H2,(H2,20,21);1H. The second-order valence-corrected chi connectivity index (χ2v) is 6.79. The Morgan fingerprint density at radius 3 is 2.63 bits per heavy atom. The van der Waals surface area contributed by atoms with Crippen LogP contribution in [0, 0.1) is 12.3 Å². The lowest BCUT2D eigenvalue weighted by Crippen LogP contribution is -2.51. The summed E-state index contributed by atoms with van der Waals surface area (Å²) in [5.74, 6) is 3.86. The Hall–Kier alpha value is -1.99. The molecule has 8 heteroatoms. The highest BCUT2D eigenvalue weighted by molar-refractivity contribution is 14.0. The molecule has 0 aliphatic carbocycles. The van der Waals surface area contributed by atoms with E-state index in [0.29, 0.717) is 12.5 Å². The van der Waals surface area contributed by atoms with Crippen molar-refractivity contribution < 1.29 is 4.74 Å². The zero-order chi connectivity index (χ0) is 18.2. The van der Waals surface area contributed by atoms with Crippen LogP contribution in [0.25, 0.3) is 0 Å². The van der Waals surface area contributed by atoms with E-state index in [4.69, 9.17) is 16.9 Å². The van der Waals surface area contributed by atoms with Crippen LogP contribution in [0.5, 0.6) is 5.75 Å². The van der Waals surface area contributed by atoms with E-state index in [-0.39, 0.29) is 30.6 Å². The largest absolute Gasteiger partial charge is 0.481 e. The smallest absolute Gasteiger partial charge is 0.191 e. The molecule has 0 spiro atoms. The van der Waals surface area contributed by atoms with E-state index in [0.717, 1.165) is 43.5 Å². The lowest BCUT2D eigenvalue weighted by atomic mass is 10.1. The summed E-state index contributed by atoms with van der Waals surface area (Å²) in [6, 6.07) is 7.92. The molecule has 3 rings (SSSR count). The van der Waals surface area contributed by atoms with Crippen molar-refractivity contribution >= 4 is 46.4 Å². The molecule has 0 saturated carbocycles. The second kappa shape index (κ2) is 11.0. The zero-order valence-electron chi connectivity index (χ0n) is 15.1. The molecule has 2 heterocycles. The van der Waals surface area contributed by atoms with E-state index in [1.165, 1.54) is 5.56 Å². The molecule has 0 unspecified atom stereocenters. The Morgan fingerprint density at radius 1 is 1.26 bits per heavy atom. The van der Waals surface area contributed by atoms with Crippen molar-refractivity contribution in [2.75, 3.05) is 44.2 Å². The van der Waals surface area contributed by atoms with Crippen LogP contribution in [0.2, 0.25) is 0 Å². The third kappa shape index (κ3) is 6.29. The zero-order valence-corrected chi connectivity index (χ0v) is 18.2. The topological polar surface area (TPSA) is 67.0 Å². The fourth-order valence-electron chi connectivity index (χ4n) is 2.78. The molecule has 0 radical (unpaired) electrons. The maximum Gasteiger partial charge on any atom is 0.191 e. The summed E-state index contributed by atoms with van der Waals surface area (Å²) in [4.78, 5) is 13.3. The number of ether oxygens (including phenoxy) is 1. The average Bonchev–Trinajstić information content (AvgIpc) is 3.22. The molecule has 1 aliphatic rings. The van der Waals surface area contributed by atoms with Crippen LogP contribution in [-0.2, 0) is 6.42 Å². The molecule has 1 aromatic heterocycles. The van der Waals surface area contributed by atoms with E-state index < -0.39 is 0 Å². The number of nitrogens with zero attached hydrogens (tertiary/aromatic N) is 4. The van der Waals surface area contributed by atoms with Gasteiger partial charge in [0.25, 0.3) is 0 Å². The maximum atomic E-state index is 6.16. The summed E-state index contributed by atoms with van der Waals surface area (Å²) in [5, 5.41) is 3.08. The van der Waals surface area contributed by atoms with Crippen LogP contribution >= 0.6 is 35.3 Å². The summed E-state index contributed by atoms with van der Waals surface area (Å²) >= 11 is 1.67. The molecule has 2 N–H and O–H groups in total. The van der Waals surface area contributed by atoms with E-state index in [1.54, 1.807) is 11.3 Å². The first kappa shape index (κ1) is 21.3. The number of anilines is 1. The third-order valence-corrected chi connectivity index (χ3v) is 5.05. The van der Waals surface area contributed by atoms with Gasteiger partial charge in [-0.3, -0.25) is 4.99 Å². The van der Waals surface area contributed by atoms with Crippen molar-refractivity contribution in [2.45, 2.75) is 6.42 Å². The molecule has 144 valence electrons. The molecular weight excluding hydrogens is 473 g/mol. The number of aliphatic imine (C=N–C) groups is 1. The highest BCUT2D eigenvalue weighted by atomic mass is 127. The summed E-state index contributed by atoms with van der Waals surface area (Å²) < 4.78 is 5.37. The van der Waals surface area contributed by atoms with Gasteiger partial charge in [0.2, 0.25) is 0 Å². The first-order valence-corrected chi connectivity index (χ1v) is 9.49. The number of nitrogens with two attached hydrogens (primary N) is 1. The second-order valence-electron chi connectivity index (χ2n) is 5.92. The number of hydrogen-bond acceptors (Lipinski definition) is 5. The first-order chi connectivity index (χ1) is 12.8. The molecule has 1 fully saturated rings. The predicted molar refractivity (Wildman–Crippen MR) is 122 cm³/mol. The predicted octanol–water partition coefficient (Wildman–Crippen LogP) is 2.45. The highest BCUT2D eigenvalue weighted by Gasteiger charge is 2.19. The van der Waals surface area contributed by atoms with Crippen molar-refractivity contribution in [3.63, 3.8) is 0 Å². The van der Waals surface area contributed by atoms with E-state index in [1.807, 2.05) is 35.8 Å². The van der Waals surface area contributed by atoms with Gasteiger partial charge in [0.15, 0.2) is 11.1 Å². The summed E-state index contributed by atoms with van der Waals surface area (Å²) in [6.07, 6.45) is 7.87. The normalized spacial score (nSPS) is 14.4. The average molecular weight is 497 g/mol. The molecule has 0 amide bonds. The minimum Gasteiger partial charge on any atom is -0.481 e. The number of guanidine groups is 1. The van der Waals surface area contributed by atoms with Gasteiger partial charge in [-0.05, 0) is 24.1 Å². The van der Waals surface area contributed by atoms with Crippen LogP contribution in [-0.4, -0.2) is 55.2 Å². The van der Waals surface area contributed by atoms with Gasteiger partial charge in [-0.25, -0.2) is 4.98 Å². The number of benzene rings is 1. The minimum atomic E-state index is 0. The van der Waals surface area contributed by atoms with Crippen molar-refractivity contribution in [1.29, 1.82) is 0 Å². The number of terminal acetylenes is 1. The molecule has 1 saturated heterocycles. The Balaban J connectivity index is 0.00000261. The fourth-order valence-corrected chi connectivity index (χ4v) is 3.47. The van der Waals surface area contributed by atoms with Gasteiger partial charge in [0.1, 0.15) is 12.4 Å². The van der Waals surface area contributed by atoms with Crippen molar-refractivity contribution in [1.82, 2.24) is 9.88 Å². The van der Waals surface area contributed by atoms with Gasteiger partial charge in [-0.15, -0.1) is 41.7 Å². The highest BCUT2D eigenvalue weighted by Crippen LogP contribution is 2.18. The van der Waals surface area contributed by atoms with Crippen molar-refractivity contribution in [2.24, 2.45) is 10.7 Å². The Morgan fingerprint density at radius 2 is 2.00 bits per heavy atom. The van der Waals surface area contributed by atoms with Crippen LogP contribution in [0.4, 0.5) is 5.13 Å². The quantitative estimate of drug-likeness (QED) is 0.288. The monoisotopic (exact) mass is 497 g/mol. The summed E-state index contributed by atoms with van der Waals surface area (Å²) in [6.45, 7) is 4.54. The van der Waals surface area contributed by atoms with Gasteiger partial charge < -0.3 is 20.3 Å². The van der Waals surface area contributed by atoms with Gasteiger partial charge in [0, 0.05) is 44.3 Å². The number of aromatic nitrogens is 1. The van der Waals surface area contributed by atoms with Crippen molar-refractivity contribution in [3.8, 4) is 18.1 Å². The summed E-state index contributed by atoms with van der Waals surface area (Å²) in [5.41, 5.74) is 7.36. The molecule has 2 aromatic rings. The van der Waals surface area contributed by atoms with Crippen LogP contribution in [0.15, 0.2) is 40.8 Å². The molecule has 6 nitrogen and oxygen atoms in total. The lowest BCUT2D eigenvalue weighted by molar-refractivity contribution is 0.370. The van der Waals surface area contributed by atoms with Crippen LogP contribution in [0.3, 0.4) is 0 Å². The number of piperazine rings is 1. The van der Waals surface area contributed by atoms with Crippen molar-refractivity contribution in [3.05, 3.63) is 41.4 Å². The van der Waals surface area contributed by atoms with E-state index >= 15 is 0 Å². The molecule has 27 heavy (non-hydrogen) atoms. The third-order valence-electron chi connectivity index (χ3n) is 4.21. The van der Waals surface area contributed by atoms with Gasteiger partial charge in [0.05, 0.1) is 0 Å². The number of rotatable bonds is 6. The Kier molecular flexibility index (Phi) is 8.67. The number of hydrogen-bond donors (Lipinski definition) is 1. The number of thiazole rings is 1. The van der Waals surface area contributed by atoms with E-state index in [2.05, 4.69) is 25.7 Å².